The van der Waals surface area contributed by atoms with Gasteiger partial charge in [0.1, 0.15) is 6.61 Å². The molecule has 0 amide bonds. The van der Waals surface area contributed by atoms with E-state index >= 15 is 0 Å². The van der Waals surface area contributed by atoms with Crippen molar-refractivity contribution in [2.75, 3.05) is 26.2 Å². The highest BCUT2D eigenvalue weighted by Gasteiger charge is 2.12. The summed E-state index contributed by atoms with van der Waals surface area (Å²) < 4.78 is 0. The number of terminal acetylenes is 1. The van der Waals surface area contributed by atoms with Gasteiger partial charge in [0, 0.05) is 17.8 Å². The minimum atomic E-state index is -0.0550. The Morgan fingerprint density at radius 3 is 2.52 bits per heavy atom. The SMILES string of the molecule is C#CCOOOO.Cc1ccc(/C(=C\CN2CCCC2)c2cccc(C)n2)cc1. The molecule has 1 N–H and O–H groups in total. The quantitative estimate of drug-likeness (QED) is 0.328. The summed E-state index contributed by atoms with van der Waals surface area (Å²) in [5.74, 6) is 2.06. The fourth-order valence-electron chi connectivity index (χ4n) is 3.06. The van der Waals surface area contributed by atoms with Gasteiger partial charge >= 0.3 is 0 Å². The largest absolute Gasteiger partial charge is 0.300 e. The van der Waals surface area contributed by atoms with E-state index in [1.165, 1.54) is 42.6 Å². The lowest BCUT2D eigenvalue weighted by Gasteiger charge is -2.14. The third-order valence-electron chi connectivity index (χ3n) is 4.50. The Morgan fingerprint density at radius 1 is 1.17 bits per heavy atom. The van der Waals surface area contributed by atoms with E-state index in [4.69, 9.17) is 10.2 Å². The molecule has 0 saturated carbocycles. The molecule has 0 spiro atoms. The number of pyridine rings is 1. The molecule has 0 unspecified atom stereocenters. The number of hydrogen-bond acceptors (Lipinski definition) is 6. The Morgan fingerprint density at radius 2 is 1.90 bits per heavy atom. The summed E-state index contributed by atoms with van der Waals surface area (Å²) in [7, 11) is 0. The maximum atomic E-state index is 7.38. The lowest BCUT2D eigenvalue weighted by Crippen LogP contribution is -2.19. The van der Waals surface area contributed by atoms with E-state index in [0.29, 0.717) is 0 Å². The number of likely N-dealkylation sites (tertiary alicyclic amines) is 1. The van der Waals surface area contributed by atoms with Crippen molar-refractivity contribution in [3.05, 3.63) is 71.1 Å². The van der Waals surface area contributed by atoms with Crippen LogP contribution in [0.15, 0.2) is 48.5 Å². The van der Waals surface area contributed by atoms with E-state index < -0.39 is 0 Å². The van der Waals surface area contributed by atoms with Gasteiger partial charge in [-0.2, -0.15) is 4.89 Å². The molecule has 6 nitrogen and oxygen atoms in total. The second-order valence-electron chi connectivity index (χ2n) is 6.76. The van der Waals surface area contributed by atoms with Crippen molar-refractivity contribution in [2.24, 2.45) is 0 Å². The Hall–Kier alpha value is -2.53. The van der Waals surface area contributed by atoms with E-state index in [0.717, 1.165) is 17.9 Å². The molecule has 1 aliphatic heterocycles. The number of rotatable bonds is 7. The van der Waals surface area contributed by atoms with Crippen LogP contribution in [0, 0.1) is 26.2 Å². The van der Waals surface area contributed by atoms with Crippen LogP contribution in [0.4, 0.5) is 0 Å². The predicted molar refractivity (Wildman–Crippen MR) is 112 cm³/mol. The Kier molecular flexibility index (Phi) is 10.1. The summed E-state index contributed by atoms with van der Waals surface area (Å²) in [6.07, 6.45) is 9.68. The molecule has 0 aliphatic carbocycles. The van der Waals surface area contributed by atoms with Crippen LogP contribution in [0.3, 0.4) is 0 Å². The molecule has 154 valence electrons. The second-order valence-corrected chi connectivity index (χ2v) is 6.76. The van der Waals surface area contributed by atoms with Gasteiger partial charge in [0.2, 0.25) is 0 Å². The van der Waals surface area contributed by atoms with Crippen LogP contribution in [-0.2, 0) is 15.0 Å². The van der Waals surface area contributed by atoms with E-state index in [1.807, 2.05) is 0 Å². The first-order valence-electron chi connectivity index (χ1n) is 9.61. The van der Waals surface area contributed by atoms with Crippen LogP contribution < -0.4 is 0 Å². The normalized spacial score (nSPS) is 14.2. The molecule has 1 aromatic heterocycles. The minimum Gasteiger partial charge on any atom is -0.300 e. The molecule has 1 aromatic carbocycles. The summed E-state index contributed by atoms with van der Waals surface area (Å²) in [6.45, 7) is 7.58. The monoisotopic (exact) mass is 396 g/mol. The van der Waals surface area contributed by atoms with Crippen molar-refractivity contribution in [3.8, 4) is 12.3 Å². The van der Waals surface area contributed by atoms with Gasteiger partial charge in [-0.25, -0.2) is 5.26 Å². The maximum Gasteiger partial charge on any atom is 0.146 e. The number of aromatic nitrogens is 1. The smallest absolute Gasteiger partial charge is 0.146 e. The van der Waals surface area contributed by atoms with Crippen molar-refractivity contribution in [2.45, 2.75) is 26.7 Å². The Labute approximate surface area is 172 Å². The van der Waals surface area contributed by atoms with Crippen LogP contribution in [0.1, 0.15) is 35.4 Å². The average Bonchev–Trinajstić information content (AvgIpc) is 3.24. The Bertz CT molecular complexity index is 806. The minimum absolute atomic E-state index is 0.0550. The average molecular weight is 396 g/mol. The molecule has 1 saturated heterocycles. The van der Waals surface area contributed by atoms with E-state index in [-0.39, 0.29) is 6.61 Å². The first-order chi connectivity index (χ1) is 14.1. The molecule has 6 heteroatoms. The highest BCUT2D eigenvalue weighted by atomic mass is 17.6. The van der Waals surface area contributed by atoms with Gasteiger partial charge in [-0.05, 0) is 67.6 Å². The van der Waals surface area contributed by atoms with Gasteiger partial charge in [0.15, 0.2) is 0 Å². The topological polar surface area (TPSA) is 64.1 Å². The molecule has 29 heavy (non-hydrogen) atoms. The van der Waals surface area contributed by atoms with Crippen LogP contribution in [0.2, 0.25) is 0 Å². The molecule has 1 fully saturated rings. The van der Waals surface area contributed by atoms with Crippen molar-refractivity contribution < 1.29 is 20.2 Å². The van der Waals surface area contributed by atoms with Crippen LogP contribution in [-0.4, -0.2) is 41.4 Å². The highest BCUT2D eigenvalue weighted by molar-refractivity contribution is 5.78. The summed E-state index contributed by atoms with van der Waals surface area (Å²) in [4.78, 5) is 11.2. The zero-order valence-corrected chi connectivity index (χ0v) is 17.0. The first-order valence-corrected chi connectivity index (χ1v) is 9.61. The molecule has 0 bridgehead atoms. The Balaban J connectivity index is 0.000000370. The molecular formula is C23H28N2O4. The van der Waals surface area contributed by atoms with Gasteiger partial charge in [-0.3, -0.25) is 9.88 Å². The van der Waals surface area contributed by atoms with Gasteiger partial charge in [0.05, 0.1) is 5.69 Å². The van der Waals surface area contributed by atoms with Gasteiger partial charge in [-0.15, -0.1) is 6.42 Å². The van der Waals surface area contributed by atoms with E-state index in [9.17, 15) is 0 Å². The zero-order chi connectivity index (χ0) is 20.9. The lowest BCUT2D eigenvalue weighted by atomic mass is 10.00. The number of aryl methyl sites for hydroxylation is 2. The summed E-state index contributed by atoms with van der Waals surface area (Å²) in [5, 5.41) is 13.9. The van der Waals surface area contributed by atoms with E-state index in [2.05, 4.69) is 94.6 Å². The standard InChI is InChI=1S/C20H24N2.C3H4O4/c1-16-8-10-18(11-9-16)19(12-15-22-13-3-4-14-22)20-7-5-6-17(2)21-20;1-2-3-5-7-6-4/h5-12H,3-4,13-15H2,1-2H3;1,4H,3H2/b19-12+;. The molecule has 0 atom stereocenters. The summed E-state index contributed by atoms with van der Waals surface area (Å²) >= 11 is 0. The molecule has 1 aliphatic rings. The predicted octanol–water partition coefficient (Wildman–Crippen LogP) is 4.20. The zero-order valence-electron chi connectivity index (χ0n) is 17.0. The second kappa shape index (κ2) is 12.8. The maximum absolute atomic E-state index is 7.38. The van der Waals surface area contributed by atoms with Gasteiger partial charge < -0.3 is 0 Å². The summed E-state index contributed by atoms with van der Waals surface area (Å²) in [6, 6.07) is 15.0. The third-order valence-corrected chi connectivity index (χ3v) is 4.50. The van der Waals surface area contributed by atoms with Crippen LogP contribution >= 0.6 is 0 Å². The van der Waals surface area contributed by atoms with Crippen molar-refractivity contribution >= 4 is 5.57 Å². The van der Waals surface area contributed by atoms with Crippen molar-refractivity contribution in [1.82, 2.24) is 9.88 Å². The first kappa shape index (κ1) is 22.8. The van der Waals surface area contributed by atoms with Crippen LogP contribution in [0.5, 0.6) is 0 Å². The third kappa shape index (κ3) is 8.16. The van der Waals surface area contributed by atoms with Crippen molar-refractivity contribution in [1.29, 1.82) is 0 Å². The number of hydrogen-bond donors (Lipinski definition) is 1. The molecule has 2 aromatic rings. The fourth-order valence-corrected chi connectivity index (χ4v) is 3.06. The van der Waals surface area contributed by atoms with E-state index in [1.54, 1.807) is 0 Å². The molecule has 2 heterocycles. The molecule has 0 radical (unpaired) electrons. The lowest BCUT2D eigenvalue weighted by molar-refractivity contribution is -0.620. The number of benzene rings is 1. The summed E-state index contributed by atoms with van der Waals surface area (Å²) in [5.41, 5.74) is 5.93. The fraction of sp³-hybridized carbons (Fsp3) is 0.348. The van der Waals surface area contributed by atoms with Gasteiger partial charge in [0.25, 0.3) is 0 Å². The van der Waals surface area contributed by atoms with Crippen molar-refractivity contribution in [3.63, 3.8) is 0 Å². The molecular weight excluding hydrogens is 368 g/mol. The number of nitrogens with zero attached hydrogens (tertiary/aromatic N) is 2. The van der Waals surface area contributed by atoms with Gasteiger partial charge in [-0.1, -0.05) is 47.9 Å². The molecule has 3 rings (SSSR count). The highest BCUT2D eigenvalue weighted by Crippen LogP contribution is 2.23. The van der Waals surface area contributed by atoms with Crippen LogP contribution in [0.25, 0.3) is 5.57 Å².